The van der Waals surface area contributed by atoms with Crippen LogP contribution in [0.3, 0.4) is 0 Å². The van der Waals surface area contributed by atoms with Crippen LogP contribution in [0.2, 0.25) is 0 Å². The Kier molecular flexibility index (Phi) is 5.99. The molecule has 2 atom stereocenters. The summed E-state index contributed by atoms with van der Waals surface area (Å²) in [5, 5.41) is 10.2. The van der Waals surface area contributed by atoms with Crippen molar-refractivity contribution in [1.29, 1.82) is 0 Å². The second kappa shape index (κ2) is 6.02. The first-order valence-electron chi connectivity index (χ1n) is 6.37. The first-order valence-corrected chi connectivity index (χ1v) is 6.37. The highest BCUT2D eigenvalue weighted by Crippen LogP contribution is 2.29. The van der Waals surface area contributed by atoms with E-state index in [1.54, 1.807) is 0 Å². The first-order chi connectivity index (χ1) is 7.08. The second-order valence-corrected chi connectivity index (χ2v) is 6.91. The van der Waals surface area contributed by atoms with E-state index in [1.165, 1.54) is 0 Å². The zero-order valence-electron chi connectivity index (χ0n) is 12.1. The second-order valence-electron chi connectivity index (χ2n) is 6.91. The van der Waals surface area contributed by atoms with Crippen LogP contribution in [0.4, 0.5) is 0 Å². The summed E-state index contributed by atoms with van der Waals surface area (Å²) in [6.07, 6.45) is 1.40. The number of rotatable bonds is 5. The number of hydrogen-bond acceptors (Lipinski definition) is 2. The Balaban J connectivity index is 4.34. The first kappa shape index (κ1) is 15.9. The molecular weight excluding hydrogens is 200 g/mol. The van der Waals surface area contributed by atoms with Gasteiger partial charge < -0.3 is 9.84 Å². The minimum absolute atomic E-state index is 0.00664. The highest BCUT2D eigenvalue weighted by Gasteiger charge is 2.32. The van der Waals surface area contributed by atoms with Crippen molar-refractivity contribution >= 4 is 0 Å². The molecule has 2 unspecified atom stereocenters. The normalized spacial score (nSPS) is 17.2. The highest BCUT2D eigenvalue weighted by atomic mass is 16.5. The standard InChI is InChI=1S/C14H30O2/c1-8-16-12(14(5,6)7)11(15)9-10-13(2,3)4/h11-12,15H,8-10H2,1-7H3. The molecule has 16 heavy (non-hydrogen) atoms. The summed E-state index contributed by atoms with van der Waals surface area (Å²) in [4.78, 5) is 0. The Labute approximate surface area is 101 Å². The van der Waals surface area contributed by atoms with Gasteiger partial charge >= 0.3 is 0 Å². The molecule has 2 nitrogen and oxygen atoms in total. The molecule has 0 amide bonds. The van der Waals surface area contributed by atoms with Crippen molar-refractivity contribution < 1.29 is 9.84 Å². The fraction of sp³-hybridized carbons (Fsp3) is 1.00. The molecule has 0 aliphatic rings. The monoisotopic (exact) mass is 230 g/mol. The zero-order valence-corrected chi connectivity index (χ0v) is 12.1. The summed E-state index contributed by atoms with van der Waals surface area (Å²) in [5.74, 6) is 0. The molecule has 0 bridgehead atoms. The highest BCUT2D eigenvalue weighted by molar-refractivity contribution is 4.82. The minimum atomic E-state index is -0.362. The Morgan fingerprint density at radius 3 is 1.88 bits per heavy atom. The van der Waals surface area contributed by atoms with Crippen LogP contribution in [0.5, 0.6) is 0 Å². The van der Waals surface area contributed by atoms with Gasteiger partial charge in [0.05, 0.1) is 12.2 Å². The van der Waals surface area contributed by atoms with E-state index in [9.17, 15) is 5.11 Å². The predicted octanol–water partition coefficient (Wildman–Crippen LogP) is 3.62. The molecule has 0 aromatic rings. The third kappa shape index (κ3) is 6.49. The topological polar surface area (TPSA) is 29.5 Å². The van der Waals surface area contributed by atoms with Crippen molar-refractivity contribution in [2.24, 2.45) is 10.8 Å². The minimum Gasteiger partial charge on any atom is -0.390 e. The lowest BCUT2D eigenvalue weighted by molar-refractivity contribution is -0.0925. The summed E-state index contributed by atoms with van der Waals surface area (Å²) in [5.41, 5.74) is 0.267. The van der Waals surface area contributed by atoms with E-state index < -0.39 is 0 Å². The zero-order chi connectivity index (χ0) is 13.0. The number of aliphatic hydroxyl groups is 1. The average Bonchev–Trinajstić information content (AvgIpc) is 2.07. The van der Waals surface area contributed by atoms with Crippen LogP contribution in [0.1, 0.15) is 61.3 Å². The summed E-state index contributed by atoms with van der Waals surface area (Å²) in [6.45, 7) is 15.6. The molecule has 0 aromatic heterocycles. The van der Waals surface area contributed by atoms with Gasteiger partial charge in [0.1, 0.15) is 0 Å². The van der Waals surface area contributed by atoms with Crippen LogP contribution in [-0.2, 0) is 4.74 Å². The van der Waals surface area contributed by atoms with Crippen LogP contribution in [-0.4, -0.2) is 23.9 Å². The van der Waals surface area contributed by atoms with Crippen molar-refractivity contribution in [1.82, 2.24) is 0 Å². The smallest absolute Gasteiger partial charge is 0.0881 e. The van der Waals surface area contributed by atoms with Gasteiger partial charge in [0.15, 0.2) is 0 Å². The molecule has 0 rings (SSSR count). The molecular formula is C14H30O2. The fourth-order valence-electron chi connectivity index (χ4n) is 1.85. The maximum absolute atomic E-state index is 10.2. The third-order valence-corrected chi connectivity index (χ3v) is 2.74. The lowest BCUT2D eigenvalue weighted by Crippen LogP contribution is -2.40. The molecule has 0 spiro atoms. The van der Waals surface area contributed by atoms with Gasteiger partial charge in [-0.05, 0) is 30.6 Å². The molecule has 0 aliphatic heterocycles. The van der Waals surface area contributed by atoms with Crippen molar-refractivity contribution in [3.63, 3.8) is 0 Å². The summed E-state index contributed by atoms with van der Waals surface area (Å²) in [6, 6.07) is 0. The van der Waals surface area contributed by atoms with E-state index in [2.05, 4.69) is 41.5 Å². The van der Waals surface area contributed by atoms with Crippen LogP contribution in [0.15, 0.2) is 0 Å². The van der Waals surface area contributed by atoms with Gasteiger partial charge in [0.2, 0.25) is 0 Å². The van der Waals surface area contributed by atoms with E-state index in [0.717, 1.165) is 12.8 Å². The lowest BCUT2D eigenvalue weighted by Gasteiger charge is -2.35. The van der Waals surface area contributed by atoms with Gasteiger partial charge in [-0.15, -0.1) is 0 Å². The lowest BCUT2D eigenvalue weighted by atomic mass is 9.81. The molecule has 0 radical (unpaired) electrons. The van der Waals surface area contributed by atoms with E-state index >= 15 is 0 Å². The van der Waals surface area contributed by atoms with Crippen molar-refractivity contribution in [2.75, 3.05) is 6.61 Å². The van der Waals surface area contributed by atoms with Crippen molar-refractivity contribution in [3.05, 3.63) is 0 Å². The van der Waals surface area contributed by atoms with E-state index in [1.807, 2.05) is 6.92 Å². The number of hydrogen-bond donors (Lipinski definition) is 1. The van der Waals surface area contributed by atoms with Gasteiger partial charge in [-0.1, -0.05) is 41.5 Å². The molecule has 0 fully saturated rings. The van der Waals surface area contributed by atoms with Gasteiger partial charge in [-0.2, -0.15) is 0 Å². The Bertz CT molecular complexity index is 186. The van der Waals surface area contributed by atoms with E-state index in [-0.39, 0.29) is 23.0 Å². The number of aliphatic hydroxyl groups excluding tert-OH is 1. The summed E-state index contributed by atoms with van der Waals surface area (Å²) >= 11 is 0. The summed E-state index contributed by atoms with van der Waals surface area (Å²) < 4.78 is 5.68. The third-order valence-electron chi connectivity index (χ3n) is 2.74. The van der Waals surface area contributed by atoms with Gasteiger partial charge in [-0.25, -0.2) is 0 Å². The van der Waals surface area contributed by atoms with Crippen molar-refractivity contribution in [2.45, 2.75) is 73.5 Å². The molecule has 2 heteroatoms. The fourth-order valence-corrected chi connectivity index (χ4v) is 1.85. The van der Waals surface area contributed by atoms with E-state index in [0.29, 0.717) is 6.61 Å². The predicted molar refractivity (Wildman–Crippen MR) is 69.6 cm³/mol. The molecule has 0 saturated carbocycles. The molecule has 0 aromatic carbocycles. The van der Waals surface area contributed by atoms with Crippen LogP contribution >= 0.6 is 0 Å². The van der Waals surface area contributed by atoms with E-state index in [4.69, 9.17) is 4.74 Å². The molecule has 0 aliphatic carbocycles. The van der Waals surface area contributed by atoms with Gasteiger partial charge in [0.25, 0.3) is 0 Å². The van der Waals surface area contributed by atoms with Crippen LogP contribution in [0.25, 0.3) is 0 Å². The maximum Gasteiger partial charge on any atom is 0.0881 e. The van der Waals surface area contributed by atoms with Crippen molar-refractivity contribution in [3.8, 4) is 0 Å². The Morgan fingerprint density at radius 1 is 1.06 bits per heavy atom. The Morgan fingerprint density at radius 2 is 1.56 bits per heavy atom. The van der Waals surface area contributed by atoms with Crippen LogP contribution in [0, 0.1) is 10.8 Å². The summed E-state index contributed by atoms with van der Waals surface area (Å²) in [7, 11) is 0. The average molecular weight is 230 g/mol. The molecule has 98 valence electrons. The van der Waals surface area contributed by atoms with Gasteiger partial charge in [-0.3, -0.25) is 0 Å². The SMILES string of the molecule is CCOC(C(O)CCC(C)(C)C)C(C)(C)C. The largest absolute Gasteiger partial charge is 0.390 e. The quantitative estimate of drug-likeness (QED) is 0.781. The van der Waals surface area contributed by atoms with Crippen LogP contribution < -0.4 is 0 Å². The molecule has 0 heterocycles. The molecule has 1 N–H and O–H groups in total. The Hall–Kier alpha value is -0.0800. The number of ether oxygens (including phenoxy) is 1. The maximum atomic E-state index is 10.2. The molecule has 0 saturated heterocycles. The van der Waals surface area contributed by atoms with Gasteiger partial charge in [0, 0.05) is 6.61 Å².